The summed E-state index contributed by atoms with van der Waals surface area (Å²) in [4.78, 5) is 8.22. The quantitative estimate of drug-likeness (QED) is 0.147. The van der Waals surface area contributed by atoms with Crippen LogP contribution in [0.4, 0.5) is 45.5 Å². The van der Waals surface area contributed by atoms with Gasteiger partial charge in [0.25, 0.3) is 6.71 Å². The van der Waals surface area contributed by atoms with Crippen molar-refractivity contribution in [1.82, 2.24) is 0 Å². The van der Waals surface area contributed by atoms with Gasteiger partial charge in [-0.3, -0.25) is 0 Å². The highest BCUT2D eigenvalue weighted by Gasteiger charge is 2.62. The maximum Gasteiger partial charge on any atom is 0.252 e. The second kappa shape index (κ2) is 19.4. The Morgan fingerprint density at radius 2 is 0.920 bits per heavy atom. The van der Waals surface area contributed by atoms with E-state index in [4.69, 9.17) is 0 Å². The van der Waals surface area contributed by atoms with E-state index in [9.17, 15) is 0 Å². The summed E-state index contributed by atoms with van der Waals surface area (Å²) in [7, 11) is 0. The average molecular weight is 1120 g/mol. The fourth-order valence-electron chi connectivity index (χ4n) is 16.6. The summed E-state index contributed by atoms with van der Waals surface area (Å²) >= 11 is 0. The second-order valence-electron chi connectivity index (χ2n) is 28.1. The van der Waals surface area contributed by atoms with Gasteiger partial charge in [-0.2, -0.15) is 0 Å². The van der Waals surface area contributed by atoms with Gasteiger partial charge in [0.05, 0.1) is 11.2 Å². The molecule has 0 saturated carbocycles. The van der Waals surface area contributed by atoms with Gasteiger partial charge in [-0.1, -0.05) is 249 Å². The molecule has 0 bridgehead atoms. The van der Waals surface area contributed by atoms with Gasteiger partial charge in [-0.15, -0.1) is 0 Å². The fraction of sp³-hybridized carbons (Fsp3) is 0.205. The van der Waals surface area contributed by atoms with Crippen LogP contribution in [0.25, 0.3) is 33.4 Å². The number of benzene rings is 11. The maximum absolute atomic E-state index is 2.82. The first-order valence-corrected chi connectivity index (χ1v) is 31.7. The Kier molecular flexibility index (Phi) is 11.9. The molecule has 0 aromatic heterocycles. The highest BCUT2D eigenvalue weighted by Crippen LogP contribution is 2.64. The van der Waals surface area contributed by atoms with E-state index in [1.807, 2.05) is 0 Å². The van der Waals surface area contributed by atoms with E-state index in [0.29, 0.717) is 0 Å². The number of hydrogen-bond acceptors (Lipinski definition) is 3. The molecule has 2 unspecified atom stereocenters. The molecular weight excluding hydrogens is 1050 g/mol. The Bertz CT molecular complexity index is 4540. The monoisotopic (exact) mass is 1120 g/mol. The Morgan fingerprint density at radius 1 is 0.368 bits per heavy atom. The van der Waals surface area contributed by atoms with Crippen molar-refractivity contribution >= 4 is 68.6 Å². The third kappa shape index (κ3) is 8.09. The lowest BCUT2D eigenvalue weighted by molar-refractivity contribution is 0.281. The van der Waals surface area contributed by atoms with Gasteiger partial charge >= 0.3 is 0 Å². The highest BCUT2D eigenvalue weighted by atomic mass is 15.3. The van der Waals surface area contributed by atoms with Crippen LogP contribution in [-0.2, 0) is 34.5 Å². The van der Waals surface area contributed by atoms with Gasteiger partial charge < -0.3 is 14.7 Å². The molecule has 3 heterocycles. The largest absolute Gasteiger partial charge is 0.334 e. The number of rotatable bonds is 7. The Labute approximate surface area is 515 Å². The van der Waals surface area contributed by atoms with Crippen LogP contribution in [0.5, 0.6) is 0 Å². The molecule has 2 atom stereocenters. The number of para-hydroxylation sites is 1. The van der Waals surface area contributed by atoms with E-state index in [0.717, 1.165) is 31.4 Å². The number of hydrogen-bond donors (Lipinski definition) is 0. The SMILES string of the molecule is CC(C)(C)c1ccc(N2c3cc4c(cc3B3c5ccc(-c6ccccc6)cc5N(c5cccc(-c6ccccc6)c5)c5cc(N6c7ccccc7C7(c8ccccc8)Cc8ccccc8CC67C)cc2c53)C(C)(C)CCC4(C)C)c(-c2ccccc2)c1. The molecule has 3 aliphatic heterocycles. The highest BCUT2D eigenvalue weighted by molar-refractivity contribution is 7.00. The standard InChI is InChI=1S/C83H74BN3/c1-79(2,3)63-41-43-72(66(48-63)57-30-17-11-18-31-57)86-75-52-69-68(80(4,5)44-45-81(69,6)7)51-71(75)84-70-42-40-59(56-28-15-10-16-29-56)47-74(70)85(64-37-25-34-58(46-64)55-26-13-9-14-27-55)76-49-65(50-77(86)78(76)84)87-73-39-24-23-38-67(73)83(62-35-19-12-20-36-62)54-61-33-22-21-32-60(61)53-82(83,87)8/h9-43,46-52H,44-45,53-54H2,1-8H3. The van der Waals surface area contributed by atoms with Gasteiger partial charge in [-0.05, 0) is 187 Å². The van der Waals surface area contributed by atoms with Crippen LogP contribution in [0.15, 0.2) is 255 Å². The second-order valence-corrected chi connectivity index (χ2v) is 28.1. The van der Waals surface area contributed by atoms with Crippen molar-refractivity contribution in [1.29, 1.82) is 0 Å². The molecule has 0 saturated heterocycles. The lowest BCUT2D eigenvalue weighted by Gasteiger charge is -2.53. The Hall–Kier alpha value is -9.12. The predicted molar refractivity (Wildman–Crippen MR) is 369 cm³/mol. The Balaban J connectivity index is 1.07. The zero-order chi connectivity index (χ0) is 59.2. The summed E-state index contributed by atoms with van der Waals surface area (Å²) in [5.74, 6) is 0. The normalized spacial score (nSPS) is 19.0. The minimum absolute atomic E-state index is 0.0255. The van der Waals surface area contributed by atoms with Gasteiger partial charge in [0.1, 0.15) is 0 Å². The molecule has 0 spiro atoms. The van der Waals surface area contributed by atoms with Crippen molar-refractivity contribution in [2.24, 2.45) is 0 Å². The van der Waals surface area contributed by atoms with Crippen molar-refractivity contribution in [2.75, 3.05) is 14.7 Å². The van der Waals surface area contributed by atoms with Gasteiger partial charge in [-0.25, -0.2) is 0 Å². The minimum atomic E-state index is -0.451. The summed E-state index contributed by atoms with van der Waals surface area (Å²) in [6.07, 6.45) is 4.01. The summed E-state index contributed by atoms with van der Waals surface area (Å²) in [6.45, 7) is 19.5. The minimum Gasteiger partial charge on any atom is -0.334 e. The van der Waals surface area contributed by atoms with Crippen LogP contribution >= 0.6 is 0 Å². The average Bonchev–Trinajstić information content (AvgIpc) is 1.73. The summed E-state index contributed by atoms with van der Waals surface area (Å²) in [5.41, 5.74) is 29.7. The molecule has 424 valence electrons. The van der Waals surface area contributed by atoms with E-state index in [2.05, 4.69) is 325 Å². The Morgan fingerprint density at radius 3 is 1.59 bits per heavy atom. The van der Waals surface area contributed by atoms with Crippen LogP contribution in [0.2, 0.25) is 0 Å². The molecular formula is C83H74BN3. The molecule has 11 aromatic rings. The van der Waals surface area contributed by atoms with Gasteiger partial charge in [0.2, 0.25) is 0 Å². The third-order valence-corrected chi connectivity index (χ3v) is 21.2. The maximum atomic E-state index is 2.82. The molecule has 0 N–H and O–H groups in total. The van der Waals surface area contributed by atoms with E-state index in [1.165, 1.54) is 129 Å². The van der Waals surface area contributed by atoms with Crippen LogP contribution in [0.3, 0.4) is 0 Å². The summed E-state index contributed by atoms with van der Waals surface area (Å²) in [6, 6.07) is 98.1. The van der Waals surface area contributed by atoms with Crippen molar-refractivity contribution in [2.45, 2.75) is 108 Å². The molecule has 5 aliphatic rings. The molecule has 0 amide bonds. The zero-order valence-corrected chi connectivity index (χ0v) is 51.5. The molecule has 3 nitrogen and oxygen atoms in total. The lowest BCUT2D eigenvalue weighted by atomic mass is 9.33. The predicted octanol–water partition coefficient (Wildman–Crippen LogP) is 19.4. The first kappa shape index (κ1) is 53.4. The molecule has 0 radical (unpaired) electrons. The summed E-state index contributed by atoms with van der Waals surface area (Å²) < 4.78 is 0. The molecule has 4 heteroatoms. The number of anilines is 8. The molecule has 0 fully saturated rings. The van der Waals surface area contributed by atoms with Crippen molar-refractivity contribution in [3.8, 4) is 33.4 Å². The van der Waals surface area contributed by atoms with Crippen LogP contribution < -0.4 is 31.1 Å². The van der Waals surface area contributed by atoms with E-state index < -0.39 is 5.54 Å². The van der Waals surface area contributed by atoms with Crippen LogP contribution in [-0.4, -0.2) is 12.3 Å². The van der Waals surface area contributed by atoms with Crippen molar-refractivity contribution in [3.05, 3.63) is 294 Å². The lowest BCUT2D eigenvalue weighted by Crippen LogP contribution is -2.62. The summed E-state index contributed by atoms with van der Waals surface area (Å²) in [5, 5.41) is 0. The molecule has 11 aromatic carbocycles. The van der Waals surface area contributed by atoms with E-state index >= 15 is 0 Å². The molecule has 16 rings (SSSR count). The van der Waals surface area contributed by atoms with Crippen LogP contribution in [0, 0.1) is 0 Å². The molecule has 2 aliphatic carbocycles. The molecule has 87 heavy (non-hydrogen) atoms. The first-order chi connectivity index (χ1) is 42.1. The topological polar surface area (TPSA) is 9.72 Å². The van der Waals surface area contributed by atoms with E-state index in [-0.39, 0.29) is 28.4 Å². The van der Waals surface area contributed by atoms with E-state index in [1.54, 1.807) is 0 Å². The van der Waals surface area contributed by atoms with Crippen molar-refractivity contribution < 1.29 is 0 Å². The smallest absolute Gasteiger partial charge is 0.252 e. The third-order valence-electron chi connectivity index (χ3n) is 21.2. The zero-order valence-electron chi connectivity index (χ0n) is 51.5. The van der Waals surface area contributed by atoms with Crippen LogP contribution in [0.1, 0.15) is 107 Å². The number of nitrogens with zero attached hydrogens (tertiary/aromatic N) is 3. The van der Waals surface area contributed by atoms with Gasteiger partial charge in [0.15, 0.2) is 0 Å². The first-order valence-electron chi connectivity index (χ1n) is 31.7. The van der Waals surface area contributed by atoms with Gasteiger partial charge in [0, 0.05) is 50.8 Å². The fourth-order valence-corrected chi connectivity index (χ4v) is 16.6. The van der Waals surface area contributed by atoms with Crippen molar-refractivity contribution in [3.63, 3.8) is 0 Å². The number of fused-ring (bicyclic) bond motifs is 9.